The fraction of sp³-hybridized carbons (Fsp3) is 0.872. The lowest BCUT2D eigenvalue weighted by atomic mass is 9.70. The van der Waals surface area contributed by atoms with Gasteiger partial charge in [-0.2, -0.15) is 0 Å². The SMILES string of the molecule is CC1([C@H](NC(=O)NC2(CS(=O)(=O)C(C)(C)C)CCCCC2)C(=O)N2CC3[C@@H]([C@H]2C(=O)NC(CC2CC2)C(=O)C(=O)NC2CC2)C3(C)C)CCCCC1. The van der Waals surface area contributed by atoms with Crippen molar-refractivity contribution in [1.82, 2.24) is 26.2 Å². The van der Waals surface area contributed by atoms with E-state index in [9.17, 15) is 32.4 Å². The first-order chi connectivity index (χ1) is 24.3. The van der Waals surface area contributed by atoms with Gasteiger partial charge in [0.15, 0.2) is 9.84 Å². The molecule has 0 spiro atoms. The van der Waals surface area contributed by atoms with Crippen LogP contribution in [0.4, 0.5) is 4.79 Å². The predicted octanol–water partition coefficient (Wildman–Crippen LogP) is 4.16. The molecule has 1 heterocycles. The van der Waals surface area contributed by atoms with Crippen molar-refractivity contribution < 1.29 is 32.4 Å². The molecule has 5 atom stereocenters. The molecule has 5 amide bonds. The second-order valence-corrected chi connectivity index (χ2v) is 21.9. The minimum Gasteiger partial charge on any atom is -0.347 e. The van der Waals surface area contributed by atoms with Gasteiger partial charge in [0.05, 0.1) is 22.1 Å². The van der Waals surface area contributed by atoms with Gasteiger partial charge in [0.25, 0.3) is 5.91 Å². The van der Waals surface area contributed by atoms with Crippen molar-refractivity contribution in [3.05, 3.63) is 0 Å². The molecule has 4 N–H and O–H groups in total. The van der Waals surface area contributed by atoms with Crippen molar-refractivity contribution in [2.24, 2.45) is 28.6 Å². The number of carbonyl (C=O) groups excluding carboxylic acids is 5. The molecule has 0 aromatic heterocycles. The second kappa shape index (κ2) is 14.2. The smallest absolute Gasteiger partial charge is 0.315 e. The maximum Gasteiger partial charge on any atom is 0.315 e. The number of hydrogen-bond acceptors (Lipinski definition) is 7. The summed E-state index contributed by atoms with van der Waals surface area (Å²) in [6.45, 7) is 11.6. The van der Waals surface area contributed by atoms with Crippen molar-refractivity contribution in [3.63, 3.8) is 0 Å². The summed E-state index contributed by atoms with van der Waals surface area (Å²) in [4.78, 5) is 71.2. The first kappa shape index (κ1) is 39.0. The Balaban J connectivity index is 1.24. The summed E-state index contributed by atoms with van der Waals surface area (Å²) in [6, 6.07) is -3.27. The number of nitrogens with one attached hydrogen (secondary N) is 4. The molecule has 1 aliphatic heterocycles. The summed E-state index contributed by atoms with van der Waals surface area (Å²) >= 11 is 0. The molecule has 1 saturated heterocycles. The molecule has 2 unspecified atom stereocenters. The lowest BCUT2D eigenvalue weighted by Crippen LogP contribution is -2.65. The second-order valence-electron chi connectivity index (χ2n) is 19.2. The van der Waals surface area contributed by atoms with E-state index < -0.39 is 67.3 Å². The summed E-state index contributed by atoms with van der Waals surface area (Å²) in [6.07, 6.45) is 12.0. The molecule has 0 aromatic rings. The van der Waals surface area contributed by atoms with E-state index in [-0.39, 0.29) is 40.9 Å². The van der Waals surface area contributed by atoms with E-state index in [0.29, 0.717) is 25.8 Å². The molecular formula is C39H63N5O7S. The molecule has 0 radical (unpaired) electrons. The Hall–Kier alpha value is -2.70. The number of sulfone groups is 1. The molecule has 12 nitrogen and oxygen atoms in total. The summed E-state index contributed by atoms with van der Waals surface area (Å²) in [5.41, 5.74) is -1.69. The average molecular weight is 746 g/mol. The number of likely N-dealkylation sites (tertiary alicyclic amines) is 1. The molecule has 5 saturated carbocycles. The van der Waals surface area contributed by atoms with E-state index in [1.54, 1.807) is 25.7 Å². The van der Waals surface area contributed by atoms with Crippen molar-refractivity contribution in [1.29, 1.82) is 0 Å². The topological polar surface area (TPSA) is 171 Å². The molecule has 6 fully saturated rings. The van der Waals surface area contributed by atoms with Gasteiger partial charge in [0.2, 0.25) is 17.6 Å². The number of piperidine rings is 1. The monoisotopic (exact) mass is 745 g/mol. The highest BCUT2D eigenvalue weighted by Crippen LogP contribution is 2.65. The van der Waals surface area contributed by atoms with Crippen molar-refractivity contribution >= 4 is 39.4 Å². The normalized spacial score (nSPS) is 28.8. The van der Waals surface area contributed by atoms with Crippen LogP contribution in [0, 0.1) is 28.6 Å². The molecule has 52 heavy (non-hydrogen) atoms. The first-order valence-electron chi connectivity index (χ1n) is 20.0. The maximum atomic E-state index is 14.9. The molecule has 6 aliphatic rings. The van der Waals surface area contributed by atoms with Crippen LogP contribution < -0.4 is 21.3 Å². The van der Waals surface area contributed by atoms with Crippen molar-refractivity contribution in [3.8, 4) is 0 Å². The summed E-state index contributed by atoms with van der Waals surface area (Å²) < 4.78 is 25.9. The standard InChI is InChI=1S/C39H63N5O7S/c1-36(2,3)52(50,51)23-39(19-11-8-12-20-39)43-35(49)42-31(38(6)17-9-7-10-18-38)34(48)44-22-26-28(37(26,4)5)29(44)32(46)41-27(21-24-13-14-24)30(45)33(47)40-25-15-16-25/h24-29,31H,7-23H2,1-6H3,(H,40,47)(H,41,46)(H2,42,43,49)/t26?,27?,28-,29-,31+/m0/s1. The number of urea groups is 1. The minimum atomic E-state index is -3.56. The zero-order chi connectivity index (χ0) is 37.9. The van der Waals surface area contributed by atoms with Gasteiger partial charge < -0.3 is 26.2 Å². The van der Waals surface area contributed by atoms with E-state index in [4.69, 9.17) is 0 Å². The molecule has 0 bridgehead atoms. The van der Waals surface area contributed by atoms with Gasteiger partial charge in [-0.1, -0.05) is 72.1 Å². The Morgan fingerprint density at radius 2 is 1.42 bits per heavy atom. The Labute approximate surface area is 310 Å². The Morgan fingerprint density at radius 3 is 1.98 bits per heavy atom. The van der Waals surface area contributed by atoms with Crippen LogP contribution in [0.3, 0.4) is 0 Å². The fourth-order valence-corrected chi connectivity index (χ4v) is 11.0. The van der Waals surface area contributed by atoms with Crippen LogP contribution in [-0.2, 0) is 29.0 Å². The van der Waals surface area contributed by atoms with Gasteiger partial charge in [-0.3, -0.25) is 19.2 Å². The highest BCUT2D eigenvalue weighted by atomic mass is 32.2. The minimum absolute atomic E-state index is 0.0170. The van der Waals surface area contributed by atoms with E-state index in [2.05, 4.69) is 35.1 Å². The number of fused-ring (bicyclic) bond motifs is 1. The summed E-state index contributed by atoms with van der Waals surface area (Å²) in [7, 11) is -3.56. The molecule has 5 aliphatic carbocycles. The Morgan fingerprint density at radius 1 is 0.827 bits per heavy atom. The van der Waals surface area contributed by atoms with Gasteiger partial charge in [-0.05, 0) is 94.3 Å². The first-order valence-corrected chi connectivity index (χ1v) is 21.7. The lowest BCUT2D eigenvalue weighted by Gasteiger charge is -2.44. The van der Waals surface area contributed by atoms with Crippen LogP contribution in [0.5, 0.6) is 0 Å². The number of hydrogen-bond donors (Lipinski definition) is 4. The van der Waals surface area contributed by atoms with Gasteiger partial charge in [0.1, 0.15) is 12.1 Å². The van der Waals surface area contributed by atoms with Crippen LogP contribution in [-0.4, -0.2) is 89.6 Å². The zero-order valence-electron chi connectivity index (χ0n) is 32.3. The fourth-order valence-electron chi connectivity index (χ4n) is 9.50. The number of amides is 5. The van der Waals surface area contributed by atoms with Gasteiger partial charge in [-0.15, -0.1) is 0 Å². The van der Waals surface area contributed by atoms with E-state index in [1.807, 2.05) is 6.92 Å². The largest absolute Gasteiger partial charge is 0.347 e. The third-order valence-corrected chi connectivity index (χ3v) is 16.4. The van der Waals surface area contributed by atoms with E-state index in [1.165, 1.54) is 0 Å². The zero-order valence-corrected chi connectivity index (χ0v) is 33.1. The molecule has 13 heteroatoms. The summed E-state index contributed by atoms with van der Waals surface area (Å²) in [5.74, 6) is -1.96. The van der Waals surface area contributed by atoms with Crippen LogP contribution >= 0.6 is 0 Å². The third kappa shape index (κ3) is 8.19. The quantitative estimate of drug-likeness (QED) is 0.205. The molecular weight excluding hydrogens is 683 g/mol. The van der Waals surface area contributed by atoms with Crippen LogP contribution in [0.15, 0.2) is 0 Å². The summed E-state index contributed by atoms with van der Waals surface area (Å²) in [5, 5.41) is 11.9. The molecule has 6 rings (SSSR count). The van der Waals surface area contributed by atoms with Crippen molar-refractivity contribution in [2.75, 3.05) is 12.3 Å². The Kier molecular flexibility index (Phi) is 10.6. The van der Waals surface area contributed by atoms with E-state index in [0.717, 1.165) is 77.0 Å². The van der Waals surface area contributed by atoms with Crippen LogP contribution in [0.25, 0.3) is 0 Å². The number of ketones is 1. The number of rotatable bonds is 13. The van der Waals surface area contributed by atoms with Gasteiger partial charge in [0, 0.05) is 12.6 Å². The lowest BCUT2D eigenvalue weighted by molar-refractivity contribution is -0.146. The van der Waals surface area contributed by atoms with Gasteiger partial charge in [-0.25, -0.2) is 13.2 Å². The number of Topliss-reactive ketones (excluding diaryl/α,β-unsaturated/α-hetero) is 1. The van der Waals surface area contributed by atoms with Gasteiger partial charge >= 0.3 is 6.03 Å². The maximum absolute atomic E-state index is 14.9. The van der Waals surface area contributed by atoms with E-state index >= 15 is 0 Å². The van der Waals surface area contributed by atoms with Crippen LogP contribution in [0.2, 0.25) is 0 Å². The Bertz CT molecular complexity index is 1530. The molecule has 292 valence electrons. The van der Waals surface area contributed by atoms with Crippen LogP contribution in [0.1, 0.15) is 138 Å². The predicted molar refractivity (Wildman–Crippen MR) is 198 cm³/mol. The molecule has 0 aromatic carbocycles. The van der Waals surface area contributed by atoms with Crippen molar-refractivity contribution in [2.45, 2.75) is 172 Å². The average Bonchev–Trinajstić information content (AvgIpc) is 4.02. The number of carbonyl (C=O) groups is 5. The third-order valence-electron chi connectivity index (χ3n) is 13.6. The highest BCUT2D eigenvalue weighted by Gasteiger charge is 2.70. The highest BCUT2D eigenvalue weighted by molar-refractivity contribution is 7.92. The number of nitrogens with zero attached hydrogens (tertiary/aromatic N) is 1.